The molecule has 1 atom stereocenters. The first-order valence-corrected chi connectivity index (χ1v) is 10.1. The van der Waals surface area contributed by atoms with Gasteiger partial charge in [-0.15, -0.1) is 0 Å². The maximum absolute atomic E-state index is 13.8. The van der Waals surface area contributed by atoms with Crippen LogP contribution in [0.2, 0.25) is 0 Å². The molecule has 3 aromatic carbocycles. The minimum absolute atomic E-state index is 0.149. The lowest BCUT2D eigenvalue weighted by Gasteiger charge is -2.20. The fourth-order valence-corrected chi connectivity index (χ4v) is 3.12. The molecule has 0 aromatic heterocycles. The van der Waals surface area contributed by atoms with Crippen LogP contribution in [0.1, 0.15) is 27.5 Å². The van der Waals surface area contributed by atoms with Crippen LogP contribution in [-0.2, 0) is 11.2 Å². The number of halogens is 2. The molecule has 0 radical (unpaired) electrons. The molecule has 0 fully saturated rings. The monoisotopic (exact) mass is 438 g/mol. The van der Waals surface area contributed by atoms with Gasteiger partial charge in [-0.25, -0.2) is 8.78 Å². The summed E-state index contributed by atoms with van der Waals surface area (Å²) in [5.41, 5.74) is 1.55. The highest BCUT2D eigenvalue weighted by molar-refractivity contribution is 5.94. The normalized spacial score (nSPS) is 11.5. The molecule has 166 valence electrons. The largest absolute Gasteiger partial charge is 0.484 e. The van der Waals surface area contributed by atoms with Gasteiger partial charge in [0.05, 0.1) is 6.04 Å². The van der Waals surface area contributed by atoms with Crippen molar-refractivity contribution in [2.24, 2.45) is 0 Å². The quantitative estimate of drug-likeness (QED) is 0.575. The summed E-state index contributed by atoms with van der Waals surface area (Å²) in [6, 6.07) is 17.8. The second-order valence-electron chi connectivity index (χ2n) is 7.52. The standard InChI is InChI=1S/C25H24F2N2O3/c1-29(2)24(30)16-32-22-11-5-8-19(15-22)25(31)28-23(18-7-4-10-21(27)14-18)13-17-6-3-9-20(26)12-17/h3-12,14-15,23H,13,16H2,1-2H3,(H,28,31). The lowest BCUT2D eigenvalue weighted by atomic mass is 9.98. The van der Waals surface area contributed by atoms with Gasteiger partial charge in [0.25, 0.3) is 11.8 Å². The molecule has 7 heteroatoms. The molecule has 1 N–H and O–H groups in total. The van der Waals surface area contributed by atoms with Crippen molar-refractivity contribution >= 4 is 11.8 Å². The Kier molecular flexibility index (Phi) is 7.54. The maximum atomic E-state index is 13.8. The molecule has 0 spiro atoms. The molecule has 0 saturated carbocycles. The molecule has 0 heterocycles. The smallest absolute Gasteiger partial charge is 0.259 e. The average molecular weight is 438 g/mol. The predicted molar refractivity (Wildman–Crippen MR) is 117 cm³/mol. The van der Waals surface area contributed by atoms with Gasteiger partial charge in [0.15, 0.2) is 6.61 Å². The fourth-order valence-electron chi connectivity index (χ4n) is 3.12. The van der Waals surface area contributed by atoms with Gasteiger partial charge in [0.1, 0.15) is 17.4 Å². The van der Waals surface area contributed by atoms with Gasteiger partial charge < -0.3 is 15.0 Å². The minimum atomic E-state index is -0.583. The number of rotatable bonds is 8. The molecular formula is C25H24F2N2O3. The lowest BCUT2D eigenvalue weighted by molar-refractivity contribution is -0.130. The Morgan fingerprint density at radius 1 is 0.938 bits per heavy atom. The molecule has 1 unspecified atom stereocenters. The third-order valence-corrected chi connectivity index (χ3v) is 4.84. The zero-order chi connectivity index (χ0) is 23.1. The van der Waals surface area contributed by atoms with Crippen LogP contribution in [0.15, 0.2) is 72.8 Å². The Balaban J connectivity index is 1.79. The maximum Gasteiger partial charge on any atom is 0.259 e. The van der Waals surface area contributed by atoms with Crippen molar-refractivity contribution in [2.45, 2.75) is 12.5 Å². The highest BCUT2D eigenvalue weighted by Gasteiger charge is 2.18. The second kappa shape index (κ2) is 10.5. The molecule has 2 amide bonds. The summed E-state index contributed by atoms with van der Waals surface area (Å²) in [6.07, 6.45) is 0.278. The van der Waals surface area contributed by atoms with Crippen LogP contribution >= 0.6 is 0 Å². The first-order chi connectivity index (χ1) is 15.3. The first kappa shape index (κ1) is 22.9. The summed E-state index contributed by atoms with van der Waals surface area (Å²) in [5.74, 6) is -1.05. The Labute approximate surface area is 185 Å². The highest BCUT2D eigenvalue weighted by atomic mass is 19.1. The number of carbonyl (C=O) groups excluding carboxylic acids is 2. The van der Waals surface area contributed by atoms with Crippen molar-refractivity contribution in [3.63, 3.8) is 0 Å². The minimum Gasteiger partial charge on any atom is -0.484 e. The van der Waals surface area contributed by atoms with Gasteiger partial charge in [-0.2, -0.15) is 0 Å². The van der Waals surface area contributed by atoms with E-state index < -0.39 is 17.8 Å². The molecule has 0 aliphatic carbocycles. The zero-order valence-corrected chi connectivity index (χ0v) is 17.8. The summed E-state index contributed by atoms with van der Waals surface area (Å²) in [5, 5.41) is 2.90. The highest BCUT2D eigenvalue weighted by Crippen LogP contribution is 2.22. The fraction of sp³-hybridized carbons (Fsp3) is 0.200. The second-order valence-corrected chi connectivity index (χ2v) is 7.52. The van der Waals surface area contributed by atoms with E-state index in [1.165, 1.54) is 35.2 Å². The van der Waals surface area contributed by atoms with Gasteiger partial charge in [0, 0.05) is 19.7 Å². The van der Waals surface area contributed by atoms with E-state index in [-0.39, 0.29) is 24.8 Å². The SMILES string of the molecule is CN(C)C(=O)COc1cccc(C(=O)NC(Cc2cccc(F)c2)c2cccc(F)c2)c1. The number of likely N-dealkylation sites (N-methyl/N-ethyl adjacent to an activating group) is 1. The average Bonchev–Trinajstić information content (AvgIpc) is 2.77. The van der Waals surface area contributed by atoms with Crippen LogP contribution in [0, 0.1) is 11.6 Å². The molecule has 0 aliphatic heterocycles. The van der Waals surface area contributed by atoms with Crippen molar-refractivity contribution in [3.8, 4) is 5.75 Å². The van der Waals surface area contributed by atoms with Gasteiger partial charge >= 0.3 is 0 Å². The predicted octanol–water partition coefficient (Wildman–Crippen LogP) is 4.15. The summed E-state index contributed by atoms with van der Waals surface area (Å²) in [4.78, 5) is 26.1. The van der Waals surface area contributed by atoms with E-state index in [1.807, 2.05) is 0 Å². The van der Waals surface area contributed by atoms with Crippen molar-refractivity contribution in [3.05, 3.63) is 101 Å². The lowest BCUT2D eigenvalue weighted by Crippen LogP contribution is -2.30. The molecule has 3 rings (SSSR count). The van der Waals surface area contributed by atoms with Crippen molar-refractivity contribution in [1.82, 2.24) is 10.2 Å². The summed E-state index contributed by atoms with van der Waals surface area (Å²) < 4.78 is 32.9. The summed E-state index contributed by atoms with van der Waals surface area (Å²) in [6.45, 7) is -0.149. The van der Waals surface area contributed by atoms with E-state index in [2.05, 4.69) is 5.32 Å². The Hall–Kier alpha value is -3.74. The first-order valence-electron chi connectivity index (χ1n) is 10.1. The van der Waals surface area contributed by atoms with Gasteiger partial charge in [-0.1, -0.05) is 30.3 Å². The zero-order valence-electron chi connectivity index (χ0n) is 17.8. The Morgan fingerprint density at radius 3 is 2.31 bits per heavy atom. The van der Waals surface area contributed by atoms with E-state index in [1.54, 1.807) is 56.6 Å². The summed E-state index contributed by atoms with van der Waals surface area (Å²) in [7, 11) is 3.25. The van der Waals surface area contributed by atoms with Crippen LogP contribution in [0.4, 0.5) is 8.78 Å². The number of nitrogens with one attached hydrogen (secondary N) is 1. The molecule has 0 saturated heterocycles. The molecule has 5 nitrogen and oxygen atoms in total. The van der Waals surface area contributed by atoms with Crippen LogP contribution in [0.5, 0.6) is 5.75 Å². The molecular weight excluding hydrogens is 414 g/mol. The third-order valence-electron chi connectivity index (χ3n) is 4.84. The van der Waals surface area contributed by atoms with E-state index >= 15 is 0 Å². The van der Waals surface area contributed by atoms with Crippen molar-refractivity contribution in [2.75, 3.05) is 20.7 Å². The number of ether oxygens (including phenoxy) is 1. The van der Waals surface area contributed by atoms with Crippen molar-refractivity contribution in [1.29, 1.82) is 0 Å². The number of nitrogens with zero attached hydrogens (tertiary/aromatic N) is 1. The van der Waals surface area contributed by atoms with Crippen LogP contribution in [0.25, 0.3) is 0 Å². The van der Waals surface area contributed by atoms with Crippen molar-refractivity contribution < 1.29 is 23.1 Å². The van der Waals surface area contributed by atoms with Gasteiger partial charge in [0.2, 0.25) is 0 Å². The number of amides is 2. The van der Waals surface area contributed by atoms with E-state index in [0.717, 1.165) is 0 Å². The van der Waals surface area contributed by atoms with Crippen LogP contribution < -0.4 is 10.1 Å². The molecule has 0 bridgehead atoms. The topological polar surface area (TPSA) is 58.6 Å². The Bertz CT molecular complexity index is 1100. The summed E-state index contributed by atoms with van der Waals surface area (Å²) >= 11 is 0. The molecule has 0 aliphatic rings. The van der Waals surface area contributed by atoms with Gasteiger partial charge in [-0.05, 0) is 60.0 Å². The van der Waals surface area contributed by atoms with Crippen LogP contribution in [0.3, 0.4) is 0 Å². The van der Waals surface area contributed by atoms with E-state index in [4.69, 9.17) is 4.74 Å². The van der Waals surface area contributed by atoms with E-state index in [9.17, 15) is 18.4 Å². The number of benzene rings is 3. The number of carbonyl (C=O) groups is 2. The third kappa shape index (κ3) is 6.38. The molecule has 32 heavy (non-hydrogen) atoms. The van der Waals surface area contributed by atoms with Gasteiger partial charge in [-0.3, -0.25) is 9.59 Å². The number of hydrogen-bond acceptors (Lipinski definition) is 3. The Morgan fingerprint density at radius 2 is 1.62 bits per heavy atom. The van der Waals surface area contributed by atoms with E-state index in [0.29, 0.717) is 22.4 Å². The number of hydrogen-bond donors (Lipinski definition) is 1. The van der Waals surface area contributed by atoms with Crippen LogP contribution in [-0.4, -0.2) is 37.4 Å². The molecule has 3 aromatic rings.